The number of hydrogen-bond acceptors (Lipinski definition) is 1. The normalized spacial score (nSPS) is 18.2. The minimum absolute atomic E-state index is 0.0399. The van der Waals surface area contributed by atoms with Gasteiger partial charge in [0.1, 0.15) is 0 Å². The molecule has 0 saturated heterocycles. The highest BCUT2D eigenvalue weighted by Crippen LogP contribution is 2.32. The predicted octanol–water partition coefficient (Wildman–Crippen LogP) is 3.19. The van der Waals surface area contributed by atoms with Crippen molar-refractivity contribution in [3.8, 4) is 0 Å². The fourth-order valence-corrected chi connectivity index (χ4v) is 2.96. The number of nitrogens with zero attached hydrogens (tertiary/aromatic N) is 1. The maximum atomic E-state index is 12.5. The molecule has 0 aromatic heterocycles. The van der Waals surface area contributed by atoms with Gasteiger partial charge in [-0.3, -0.25) is 4.79 Å². The number of carbonyl (C=O) groups is 1. The molecule has 2 rings (SSSR count). The van der Waals surface area contributed by atoms with E-state index < -0.39 is 0 Å². The molecule has 1 aliphatic carbocycles. The Morgan fingerprint density at radius 1 is 1.44 bits per heavy atom. The molecule has 0 bridgehead atoms. The van der Waals surface area contributed by atoms with E-state index >= 15 is 0 Å². The van der Waals surface area contributed by atoms with Crippen LogP contribution in [0, 0.1) is 0 Å². The Kier molecular flexibility index (Phi) is 4.65. The zero-order valence-corrected chi connectivity index (χ0v) is 11.6. The summed E-state index contributed by atoms with van der Waals surface area (Å²) in [4.78, 5) is 14.4. The van der Waals surface area contributed by atoms with Gasteiger partial charge in [-0.25, -0.2) is 0 Å². The Balaban J connectivity index is 2.21. The van der Waals surface area contributed by atoms with Gasteiger partial charge in [0.15, 0.2) is 0 Å². The van der Waals surface area contributed by atoms with E-state index in [0.29, 0.717) is 12.4 Å². The van der Waals surface area contributed by atoms with Gasteiger partial charge in [-0.1, -0.05) is 24.3 Å². The van der Waals surface area contributed by atoms with Gasteiger partial charge in [0, 0.05) is 19.0 Å². The molecule has 2 nitrogen and oxygen atoms in total. The number of aryl methyl sites for hydroxylation is 1. The van der Waals surface area contributed by atoms with Gasteiger partial charge >= 0.3 is 0 Å². The topological polar surface area (TPSA) is 20.3 Å². The standard InChI is InChI=1S/C15H20ClNO/c1-2-17(11-10-16)15(18)14-9-5-7-12-6-3-4-8-13(12)14/h3-4,6,8,14H,2,5,7,9-11H2,1H3. The maximum absolute atomic E-state index is 12.5. The molecule has 0 aliphatic heterocycles. The first-order valence-electron chi connectivity index (χ1n) is 6.70. The lowest BCUT2D eigenvalue weighted by Crippen LogP contribution is -2.37. The summed E-state index contributed by atoms with van der Waals surface area (Å²) in [6, 6.07) is 8.34. The van der Waals surface area contributed by atoms with Crippen molar-refractivity contribution in [2.45, 2.75) is 32.1 Å². The van der Waals surface area contributed by atoms with E-state index in [1.54, 1.807) is 0 Å². The number of hydrogen-bond donors (Lipinski definition) is 0. The Morgan fingerprint density at radius 3 is 2.94 bits per heavy atom. The van der Waals surface area contributed by atoms with Crippen LogP contribution in [-0.2, 0) is 11.2 Å². The van der Waals surface area contributed by atoms with Crippen LogP contribution in [0.1, 0.15) is 36.8 Å². The zero-order valence-electron chi connectivity index (χ0n) is 10.9. The van der Waals surface area contributed by atoms with Crippen molar-refractivity contribution in [1.29, 1.82) is 0 Å². The maximum Gasteiger partial charge on any atom is 0.230 e. The van der Waals surface area contributed by atoms with Crippen molar-refractivity contribution in [3.63, 3.8) is 0 Å². The number of benzene rings is 1. The van der Waals surface area contributed by atoms with Crippen LogP contribution in [0.5, 0.6) is 0 Å². The van der Waals surface area contributed by atoms with Crippen LogP contribution in [0.15, 0.2) is 24.3 Å². The average Bonchev–Trinajstić information content (AvgIpc) is 2.43. The van der Waals surface area contributed by atoms with E-state index in [2.05, 4.69) is 18.2 Å². The highest BCUT2D eigenvalue weighted by molar-refractivity contribution is 6.18. The second-order valence-corrected chi connectivity index (χ2v) is 5.13. The summed E-state index contributed by atoms with van der Waals surface area (Å²) in [5.41, 5.74) is 2.56. The van der Waals surface area contributed by atoms with Crippen molar-refractivity contribution < 1.29 is 4.79 Å². The average molecular weight is 266 g/mol. The number of alkyl halides is 1. The molecule has 0 N–H and O–H groups in total. The molecule has 1 aromatic rings. The van der Waals surface area contributed by atoms with Gasteiger partial charge in [0.25, 0.3) is 0 Å². The minimum atomic E-state index is 0.0399. The largest absolute Gasteiger partial charge is 0.341 e. The van der Waals surface area contributed by atoms with Crippen LogP contribution in [0.25, 0.3) is 0 Å². The van der Waals surface area contributed by atoms with Crippen LogP contribution in [-0.4, -0.2) is 29.8 Å². The molecule has 0 heterocycles. The lowest BCUT2D eigenvalue weighted by molar-refractivity contribution is -0.132. The zero-order chi connectivity index (χ0) is 13.0. The van der Waals surface area contributed by atoms with Crippen molar-refractivity contribution in [2.24, 2.45) is 0 Å². The molecule has 18 heavy (non-hydrogen) atoms. The third kappa shape index (κ3) is 2.69. The van der Waals surface area contributed by atoms with E-state index in [9.17, 15) is 4.79 Å². The Labute approximate surface area is 114 Å². The summed E-state index contributed by atoms with van der Waals surface area (Å²) in [5, 5.41) is 0. The molecule has 0 spiro atoms. The number of amides is 1. The van der Waals surface area contributed by atoms with Gasteiger partial charge in [0.2, 0.25) is 5.91 Å². The molecular weight excluding hydrogens is 246 g/mol. The number of fused-ring (bicyclic) bond motifs is 1. The van der Waals surface area contributed by atoms with Crippen LogP contribution in [0.2, 0.25) is 0 Å². The number of halogens is 1. The highest BCUT2D eigenvalue weighted by atomic mass is 35.5. The molecule has 1 unspecified atom stereocenters. The van der Waals surface area contributed by atoms with Crippen molar-refractivity contribution in [2.75, 3.05) is 19.0 Å². The number of carbonyl (C=O) groups excluding carboxylic acids is 1. The fourth-order valence-electron chi connectivity index (χ4n) is 2.76. The van der Waals surface area contributed by atoms with Crippen LogP contribution in [0.4, 0.5) is 0 Å². The summed E-state index contributed by atoms with van der Waals surface area (Å²) in [6.45, 7) is 3.40. The molecular formula is C15H20ClNO. The van der Waals surface area contributed by atoms with Crippen LogP contribution in [0.3, 0.4) is 0 Å². The third-order valence-electron chi connectivity index (χ3n) is 3.72. The Morgan fingerprint density at radius 2 is 2.22 bits per heavy atom. The van der Waals surface area contributed by atoms with Crippen LogP contribution >= 0.6 is 11.6 Å². The van der Waals surface area contributed by atoms with Gasteiger partial charge in [-0.05, 0) is 37.3 Å². The summed E-state index contributed by atoms with van der Waals surface area (Å²) in [7, 11) is 0. The quantitative estimate of drug-likeness (QED) is 0.766. The van der Waals surface area contributed by atoms with E-state index in [1.807, 2.05) is 17.9 Å². The Hall–Kier alpha value is -1.02. The molecule has 1 aromatic carbocycles. The second kappa shape index (κ2) is 6.24. The SMILES string of the molecule is CCN(CCCl)C(=O)C1CCCc2ccccc21. The van der Waals surface area contributed by atoms with E-state index in [4.69, 9.17) is 11.6 Å². The molecule has 1 amide bonds. The third-order valence-corrected chi connectivity index (χ3v) is 3.88. The van der Waals surface area contributed by atoms with E-state index in [1.165, 1.54) is 11.1 Å². The monoisotopic (exact) mass is 265 g/mol. The first-order chi connectivity index (χ1) is 8.77. The molecule has 1 atom stereocenters. The molecule has 3 heteroatoms. The molecule has 0 radical (unpaired) electrons. The second-order valence-electron chi connectivity index (χ2n) is 4.75. The first-order valence-corrected chi connectivity index (χ1v) is 7.24. The fraction of sp³-hybridized carbons (Fsp3) is 0.533. The van der Waals surface area contributed by atoms with Gasteiger partial charge in [-0.2, -0.15) is 0 Å². The first kappa shape index (κ1) is 13.4. The predicted molar refractivity (Wildman–Crippen MR) is 75.1 cm³/mol. The minimum Gasteiger partial charge on any atom is -0.341 e. The summed E-state index contributed by atoms with van der Waals surface area (Å²) in [6.07, 6.45) is 3.17. The lowest BCUT2D eigenvalue weighted by Gasteiger charge is -2.30. The molecule has 1 aliphatic rings. The highest BCUT2D eigenvalue weighted by Gasteiger charge is 2.28. The van der Waals surface area contributed by atoms with E-state index in [-0.39, 0.29) is 11.8 Å². The van der Waals surface area contributed by atoms with E-state index in [0.717, 1.165) is 25.8 Å². The van der Waals surface area contributed by atoms with Gasteiger partial charge in [-0.15, -0.1) is 11.6 Å². The smallest absolute Gasteiger partial charge is 0.230 e. The molecule has 0 fully saturated rings. The van der Waals surface area contributed by atoms with Gasteiger partial charge in [0.05, 0.1) is 5.92 Å². The molecule has 98 valence electrons. The lowest BCUT2D eigenvalue weighted by atomic mass is 9.82. The Bertz CT molecular complexity index is 419. The van der Waals surface area contributed by atoms with Crippen molar-refractivity contribution in [1.82, 2.24) is 4.90 Å². The van der Waals surface area contributed by atoms with Crippen molar-refractivity contribution >= 4 is 17.5 Å². The summed E-state index contributed by atoms with van der Waals surface area (Å²) < 4.78 is 0. The summed E-state index contributed by atoms with van der Waals surface area (Å²) >= 11 is 5.76. The summed E-state index contributed by atoms with van der Waals surface area (Å²) in [5.74, 6) is 0.789. The number of rotatable bonds is 4. The van der Waals surface area contributed by atoms with Crippen molar-refractivity contribution in [3.05, 3.63) is 35.4 Å². The van der Waals surface area contributed by atoms with Crippen LogP contribution < -0.4 is 0 Å². The number of likely N-dealkylation sites (N-methyl/N-ethyl adjacent to an activating group) is 1. The van der Waals surface area contributed by atoms with Gasteiger partial charge < -0.3 is 4.90 Å². The molecule has 0 saturated carbocycles.